The third-order valence-electron chi connectivity index (χ3n) is 1.79. The van der Waals surface area contributed by atoms with Crippen LogP contribution in [0.25, 0.3) is 0 Å². The Hall–Kier alpha value is -1.63. The maximum atomic E-state index is 11.7. The maximum absolute atomic E-state index is 11.7. The average molecular weight is 248 g/mol. The lowest BCUT2D eigenvalue weighted by Gasteiger charge is -2.08. The SMILES string of the molecule is O=C(CCc1cccnc1)NOCC(F)(F)F. The third kappa shape index (κ3) is 6.52. The Morgan fingerprint density at radius 2 is 2.24 bits per heavy atom. The van der Waals surface area contributed by atoms with Gasteiger partial charge in [0, 0.05) is 18.8 Å². The van der Waals surface area contributed by atoms with Gasteiger partial charge in [0.2, 0.25) is 5.91 Å². The van der Waals surface area contributed by atoms with Gasteiger partial charge in [-0.3, -0.25) is 14.6 Å². The van der Waals surface area contributed by atoms with Crippen molar-refractivity contribution in [2.45, 2.75) is 19.0 Å². The van der Waals surface area contributed by atoms with Crippen LogP contribution in [0.3, 0.4) is 0 Å². The van der Waals surface area contributed by atoms with E-state index in [9.17, 15) is 18.0 Å². The zero-order chi connectivity index (χ0) is 12.7. The summed E-state index contributed by atoms with van der Waals surface area (Å²) in [5, 5.41) is 0. The number of rotatable bonds is 5. The molecule has 94 valence electrons. The first kappa shape index (κ1) is 13.4. The first-order chi connectivity index (χ1) is 7.97. The number of aryl methyl sites for hydroxylation is 1. The molecule has 0 aromatic carbocycles. The van der Waals surface area contributed by atoms with Crippen LogP contribution in [0.15, 0.2) is 24.5 Å². The summed E-state index contributed by atoms with van der Waals surface area (Å²) in [5.41, 5.74) is 2.56. The largest absolute Gasteiger partial charge is 0.414 e. The third-order valence-corrected chi connectivity index (χ3v) is 1.79. The number of pyridine rings is 1. The molecule has 0 aliphatic rings. The molecule has 0 unspecified atom stereocenters. The van der Waals surface area contributed by atoms with Crippen LogP contribution in [-0.2, 0) is 16.1 Å². The molecule has 0 saturated carbocycles. The quantitative estimate of drug-likeness (QED) is 0.806. The number of carbonyl (C=O) groups excluding carboxylic acids is 1. The van der Waals surface area contributed by atoms with Crippen molar-refractivity contribution in [3.63, 3.8) is 0 Å². The van der Waals surface area contributed by atoms with E-state index in [2.05, 4.69) is 9.82 Å². The molecule has 0 bridgehead atoms. The topological polar surface area (TPSA) is 51.2 Å². The molecule has 0 fully saturated rings. The molecule has 0 aliphatic carbocycles. The fourth-order valence-corrected chi connectivity index (χ4v) is 1.05. The summed E-state index contributed by atoms with van der Waals surface area (Å²) in [4.78, 5) is 18.9. The zero-order valence-electron chi connectivity index (χ0n) is 8.83. The van der Waals surface area contributed by atoms with E-state index in [4.69, 9.17) is 0 Å². The minimum atomic E-state index is -4.45. The lowest BCUT2D eigenvalue weighted by molar-refractivity contribution is -0.191. The Morgan fingerprint density at radius 3 is 2.82 bits per heavy atom. The monoisotopic (exact) mass is 248 g/mol. The Bertz CT molecular complexity index is 354. The number of nitrogens with one attached hydrogen (secondary N) is 1. The first-order valence-electron chi connectivity index (χ1n) is 4.83. The number of hydrogen-bond acceptors (Lipinski definition) is 3. The molecule has 1 rings (SSSR count). The minimum absolute atomic E-state index is 0.0452. The molecule has 1 aromatic rings. The molecule has 0 radical (unpaired) electrons. The summed E-state index contributed by atoms with van der Waals surface area (Å²) in [6.07, 6.45) is -0.824. The smallest absolute Gasteiger partial charge is 0.273 e. The lowest BCUT2D eigenvalue weighted by Crippen LogP contribution is -2.29. The fraction of sp³-hybridized carbons (Fsp3) is 0.400. The van der Waals surface area contributed by atoms with Crippen molar-refractivity contribution in [2.75, 3.05) is 6.61 Å². The summed E-state index contributed by atoms with van der Waals surface area (Å²) >= 11 is 0. The number of nitrogens with zero attached hydrogens (tertiary/aromatic N) is 1. The van der Waals surface area contributed by atoms with E-state index in [1.807, 2.05) is 0 Å². The molecule has 1 amide bonds. The van der Waals surface area contributed by atoms with Gasteiger partial charge in [0.05, 0.1) is 0 Å². The predicted molar refractivity (Wildman–Crippen MR) is 52.7 cm³/mol. The van der Waals surface area contributed by atoms with E-state index in [0.29, 0.717) is 6.42 Å². The van der Waals surface area contributed by atoms with Crippen LogP contribution in [0.5, 0.6) is 0 Å². The van der Waals surface area contributed by atoms with Crippen molar-refractivity contribution in [1.29, 1.82) is 0 Å². The van der Waals surface area contributed by atoms with Crippen molar-refractivity contribution in [2.24, 2.45) is 0 Å². The van der Waals surface area contributed by atoms with E-state index < -0.39 is 18.7 Å². The molecule has 0 atom stereocenters. The van der Waals surface area contributed by atoms with Gasteiger partial charge in [-0.05, 0) is 18.1 Å². The molecule has 4 nitrogen and oxygen atoms in total. The molecule has 0 saturated heterocycles. The van der Waals surface area contributed by atoms with Gasteiger partial charge in [-0.15, -0.1) is 0 Å². The van der Waals surface area contributed by atoms with Crippen molar-refractivity contribution in [3.05, 3.63) is 30.1 Å². The average Bonchev–Trinajstić information content (AvgIpc) is 2.26. The highest BCUT2D eigenvalue weighted by atomic mass is 19.4. The molecule has 1 heterocycles. The van der Waals surface area contributed by atoms with Crippen LogP contribution in [0.4, 0.5) is 13.2 Å². The molecular weight excluding hydrogens is 237 g/mol. The molecular formula is C10H11F3N2O2. The number of carbonyl (C=O) groups is 1. The van der Waals surface area contributed by atoms with Gasteiger partial charge in [-0.2, -0.15) is 13.2 Å². The second kappa shape index (κ2) is 6.19. The van der Waals surface area contributed by atoms with E-state index in [1.165, 1.54) is 0 Å². The maximum Gasteiger partial charge on any atom is 0.414 e. The van der Waals surface area contributed by atoms with Gasteiger partial charge < -0.3 is 0 Å². The second-order valence-electron chi connectivity index (χ2n) is 3.29. The van der Waals surface area contributed by atoms with Crippen molar-refractivity contribution >= 4 is 5.91 Å². The highest BCUT2D eigenvalue weighted by Crippen LogP contribution is 2.13. The van der Waals surface area contributed by atoms with Crippen molar-refractivity contribution < 1.29 is 22.8 Å². The van der Waals surface area contributed by atoms with Crippen molar-refractivity contribution in [1.82, 2.24) is 10.5 Å². The van der Waals surface area contributed by atoms with E-state index in [1.54, 1.807) is 30.0 Å². The summed E-state index contributed by atoms with van der Waals surface area (Å²) in [6.45, 7) is -1.49. The molecule has 1 aromatic heterocycles. The van der Waals surface area contributed by atoms with E-state index in [-0.39, 0.29) is 6.42 Å². The summed E-state index contributed by atoms with van der Waals surface area (Å²) in [5.74, 6) is -0.599. The van der Waals surface area contributed by atoms with Gasteiger partial charge in [0.1, 0.15) is 0 Å². The number of aromatic nitrogens is 1. The number of hydroxylamine groups is 1. The van der Waals surface area contributed by atoms with Crippen LogP contribution in [-0.4, -0.2) is 23.7 Å². The number of hydrogen-bond donors (Lipinski definition) is 1. The second-order valence-corrected chi connectivity index (χ2v) is 3.29. The molecule has 1 N–H and O–H groups in total. The summed E-state index contributed by atoms with van der Waals surface area (Å²) in [7, 11) is 0. The fourth-order valence-electron chi connectivity index (χ4n) is 1.05. The minimum Gasteiger partial charge on any atom is -0.273 e. The van der Waals surface area contributed by atoms with Crippen LogP contribution < -0.4 is 5.48 Å². The molecule has 17 heavy (non-hydrogen) atoms. The van der Waals surface area contributed by atoms with Crippen LogP contribution in [0.1, 0.15) is 12.0 Å². The molecule has 0 spiro atoms. The first-order valence-corrected chi connectivity index (χ1v) is 4.83. The van der Waals surface area contributed by atoms with Gasteiger partial charge in [-0.25, -0.2) is 5.48 Å². The Balaban J connectivity index is 2.18. The lowest BCUT2D eigenvalue weighted by atomic mass is 10.1. The van der Waals surface area contributed by atoms with Crippen LogP contribution in [0.2, 0.25) is 0 Å². The standard InChI is InChI=1S/C10H11F3N2O2/c11-10(12,13)7-17-15-9(16)4-3-8-2-1-5-14-6-8/h1-2,5-6H,3-4,7H2,(H,15,16). The van der Waals surface area contributed by atoms with Crippen molar-refractivity contribution in [3.8, 4) is 0 Å². The Kier molecular flexibility index (Phi) is 4.89. The normalized spacial score (nSPS) is 11.2. The van der Waals surface area contributed by atoms with Crippen LogP contribution in [0, 0.1) is 0 Å². The Morgan fingerprint density at radius 1 is 1.47 bits per heavy atom. The molecule has 7 heteroatoms. The molecule has 0 aliphatic heterocycles. The van der Waals surface area contributed by atoms with Gasteiger partial charge in [0.15, 0.2) is 6.61 Å². The van der Waals surface area contributed by atoms with Gasteiger partial charge in [-0.1, -0.05) is 6.07 Å². The van der Waals surface area contributed by atoms with Gasteiger partial charge >= 0.3 is 6.18 Å². The van der Waals surface area contributed by atoms with E-state index in [0.717, 1.165) is 5.56 Å². The van der Waals surface area contributed by atoms with Gasteiger partial charge in [0.25, 0.3) is 0 Å². The van der Waals surface area contributed by atoms with Crippen LogP contribution >= 0.6 is 0 Å². The Labute approximate surface area is 95.8 Å². The highest BCUT2D eigenvalue weighted by molar-refractivity contribution is 5.74. The zero-order valence-corrected chi connectivity index (χ0v) is 8.83. The number of alkyl halides is 3. The van der Waals surface area contributed by atoms with E-state index >= 15 is 0 Å². The summed E-state index contributed by atoms with van der Waals surface area (Å²) < 4.78 is 35.0. The number of halogens is 3. The predicted octanol–water partition coefficient (Wildman–Crippen LogP) is 1.62. The number of amides is 1. The highest BCUT2D eigenvalue weighted by Gasteiger charge is 2.28. The summed E-state index contributed by atoms with van der Waals surface area (Å²) in [6, 6.07) is 3.49.